The molecule has 8 aromatic heterocycles. The van der Waals surface area contributed by atoms with Crippen molar-refractivity contribution in [3.63, 3.8) is 0 Å². The molecule has 8 heterocycles. The minimum absolute atomic E-state index is 0.202. The average molecular weight is 869 g/mol. The zero-order chi connectivity index (χ0) is 47.4. The largest absolute Gasteiger partial charge is 0.324 e. The van der Waals surface area contributed by atoms with E-state index in [-0.39, 0.29) is 21.7 Å². The molecule has 2 aliphatic carbocycles. The fourth-order valence-corrected chi connectivity index (χ4v) is 7.37. The third-order valence-corrected chi connectivity index (χ3v) is 12.0. The van der Waals surface area contributed by atoms with E-state index < -0.39 is 0 Å². The summed E-state index contributed by atoms with van der Waals surface area (Å²) in [5.41, 5.74) is 16.8. The Bertz CT molecular complexity index is 2530. The van der Waals surface area contributed by atoms with Crippen LogP contribution in [0, 0.1) is 10.8 Å². The molecular formula is C57H72N8. The molecule has 0 atom stereocenters. The molecule has 0 radical (unpaired) electrons. The normalized spacial score (nSPS) is 13.5. The monoisotopic (exact) mass is 869 g/mol. The molecular weight excluding hydrogens is 797 g/mol. The Morgan fingerprint density at radius 2 is 1.02 bits per heavy atom. The van der Waals surface area contributed by atoms with Gasteiger partial charge in [-0.1, -0.05) is 133 Å². The molecule has 0 saturated heterocycles. The highest BCUT2D eigenvalue weighted by molar-refractivity contribution is 5.64. The van der Waals surface area contributed by atoms with Gasteiger partial charge in [-0.25, -0.2) is 19.9 Å². The van der Waals surface area contributed by atoms with Gasteiger partial charge in [-0.05, 0) is 110 Å². The van der Waals surface area contributed by atoms with Crippen molar-refractivity contribution in [2.45, 2.75) is 133 Å². The summed E-state index contributed by atoms with van der Waals surface area (Å²) in [6.45, 7) is 33.5. The molecule has 2 aliphatic rings. The van der Waals surface area contributed by atoms with Crippen LogP contribution < -0.4 is 0 Å². The Kier molecular flexibility index (Phi) is 14.2. The number of rotatable bonds is 0. The van der Waals surface area contributed by atoms with E-state index in [0.717, 1.165) is 18.5 Å². The fourth-order valence-electron chi connectivity index (χ4n) is 7.37. The molecule has 8 aromatic rings. The Balaban J connectivity index is 0.000000135. The van der Waals surface area contributed by atoms with Crippen LogP contribution in [0.5, 0.6) is 0 Å². The van der Waals surface area contributed by atoms with Crippen LogP contribution in [0.25, 0.3) is 28.8 Å². The van der Waals surface area contributed by atoms with Crippen LogP contribution in [0.15, 0.2) is 140 Å². The molecule has 0 spiro atoms. The number of pyridine rings is 2. The highest BCUT2D eigenvalue weighted by Gasteiger charge is 2.24. The Morgan fingerprint density at radius 1 is 0.462 bits per heavy atom. The van der Waals surface area contributed by atoms with E-state index in [0.29, 0.717) is 5.41 Å². The van der Waals surface area contributed by atoms with E-state index in [2.05, 4.69) is 221 Å². The van der Waals surface area contributed by atoms with Crippen LogP contribution in [0.3, 0.4) is 0 Å². The van der Waals surface area contributed by atoms with Crippen LogP contribution in [-0.4, -0.2) is 38.1 Å². The number of aromatic nitrogens is 8. The van der Waals surface area contributed by atoms with E-state index in [4.69, 9.17) is 0 Å². The van der Waals surface area contributed by atoms with E-state index in [9.17, 15) is 0 Å². The van der Waals surface area contributed by atoms with Gasteiger partial charge in [-0.3, -0.25) is 4.98 Å². The second-order valence-electron chi connectivity index (χ2n) is 22.5. The second-order valence-corrected chi connectivity index (χ2v) is 22.5. The molecule has 0 amide bonds. The molecule has 0 saturated carbocycles. The molecule has 0 aliphatic heterocycles. The summed E-state index contributed by atoms with van der Waals surface area (Å²) < 4.78 is 6.28. The van der Waals surface area contributed by atoms with Gasteiger partial charge < -0.3 is 13.2 Å². The summed E-state index contributed by atoms with van der Waals surface area (Å²) >= 11 is 0. The standard InChI is InChI=1S/2C12H15N.3C11H14N2/c1-12(2,3)11-6-9-4-5-13-8-10(9)7-11;1-12(2,3)10-8-11-6-4-5-7-13(11)9-10;1-11(2,3)9-4-8-6-12-7-13-10(8)5-9;1-11(2,3)9-6-10-4-5-12-8-13(10)7-9;1-11(2,3)9-7-10-12-5-4-6-13(10)8-9/h4-5,7-8H,6H2,1-3H3;4-9H,1-3H3;4,6-7H,5H2,1-3H3;2*4-8H,1-3H3. The molecule has 0 unspecified atom stereocenters. The molecule has 0 bridgehead atoms. The summed E-state index contributed by atoms with van der Waals surface area (Å²) in [5, 5.41) is 0. The number of hydrogen-bond acceptors (Lipinski definition) is 5. The van der Waals surface area contributed by atoms with Gasteiger partial charge in [0.25, 0.3) is 0 Å². The highest BCUT2D eigenvalue weighted by atomic mass is 15.0. The predicted molar refractivity (Wildman–Crippen MR) is 272 cm³/mol. The summed E-state index contributed by atoms with van der Waals surface area (Å²) in [6.07, 6.45) is 30.0. The minimum Gasteiger partial charge on any atom is -0.324 e. The maximum absolute atomic E-state index is 4.28. The molecule has 0 aromatic carbocycles. The first-order valence-corrected chi connectivity index (χ1v) is 22.9. The highest BCUT2D eigenvalue weighted by Crippen LogP contribution is 2.36. The summed E-state index contributed by atoms with van der Waals surface area (Å²) in [6, 6.07) is 18.9. The Morgan fingerprint density at radius 3 is 1.60 bits per heavy atom. The maximum atomic E-state index is 4.28. The first-order chi connectivity index (χ1) is 30.4. The minimum atomic E-state index is 0.202. The quantitative estimate of drug-likeness (QED) is 0.152. The molecule has 0 fully saturated rings. The zero-order valence-electron chi connectivity index (χ0n) is 41.8. The Labute approximate surface area is 388 Å². The third kappa shape index (κ3) is 12.8. The number of allylic oxidation sites excluding steroid dienone is 2. The lowest BCUT2D eigenvalue weighted by molar-refractivity contribution is 0.497. The molecule has 65 heavy (non-hydrogen) atoms. The molecule has 10 rings (SSSR count). The topological polar surface area (TPSA) is 77.7 Å². The van der Waals surface area contributed by atoms with Crippen LogP contribution in [-0.2, 0) is 29.1 Å². The number of nitrogens with zero attached hydrogens (tertiary/aromatic N) is 8. The smallest absolute Gasteiger partial charge is 0.136 e. The van der Waals surface area contributed by atoms with Crippen LogP contribution in [0.1, 0.15) is 143 Å². The lowest BCUT2D eigenvalue weighted by atomic mass is 9.85. The molecule has 340 valence electrons. The van der Waals surface area contributed by atoms with Crippen molar-refractivity contribution in [3.8, 4) is 0 Å². The van der Waals surface area contributed by atoms with Gasteiger partial charge in [0.2, 0.25) is 0 Å². The predicted octanol–water partition coefficient (Wildman–Crippen LogP) is 14.0. The first kappa shape index (κ1) is 48.3. The van der Waals surface area contributed by atoms with E-state index in [1.165, 1.54) is 61.3 Å². The first-order valence-electron chi connectivity index (χ1n) is 22.9. The zero-order valence-corrected chi connectivity index (χ0v) is 41.8. The van der Waals surface area contributed by atoms with Gasteiger partial charge >= 0.3 is 0 Å². The van der Waals surface area contributed by atoms with E-state index in [1.807, 2.05) is 55.6 Å². The lowest BCUT2D eigenvalue weighted by Gasteiger charge is -2.19. The van der Waals surface area contributed by atoms with Gasteiger partial charge in [0.05, 0.1) is 12.0 Å². The van der Waals surface area contributed by atoms with Crippen molar-refractivity contribution in [1.82, 2.24) is 38.1 Å². The molecule has 8 nitrogen and oxygen atoms in total. The van der Waals surface area contributed by atoms with Crippen molar-refractivity contribution < 1.29 is 0 Å². The van der Waals surface area contributed by atoms with Crippen molar-refractivity contribution in [1.29, 1.82) is 0 Å². The maximum Gasteiger partial charge on any atom is 0.136 e. The van der Waals surface area contributed by atoms with Crippen LogP contribution in [0.2, 0.25) is 0 Å². The van der Waals surface area contributed by atoms with Gasteiger partial charge in [0.1, 0.15) is 12.0 Å². The van der Waals surface area contributed by atoms with Crippen molar-refractivity contribution in [3.05, 3.63) is 179 Å². The summed E-state index contributed by atoms with van der Waals surface area (Å²) in [5.74, 6) is 0. The van der Waals surface area contributed by atoms with Gasteiger partial charge in [-0.2, -0.15) is 0 Å². The van der Waals surface area contributed by atoms with Crippen molar-refractivity contribution >= 4 is 28.8 Å². The number of hydrogen-bond donors (Lipinski definition) is 0. The van der Waals surface area contributed by atoms with Crippen LogP contribution in [0.4, 0.5) is 0 Å². The second kappa shape index (κ2) is 19.1. The van der Waals surface area contributed by atoms with Gasteiger partial charge in [0, 0.05) is 85.0 Å². The Hall–Kier alpha value is -6.15. The van der Waals surface area contributed by atoms with Crippen molar-refractivity contribution in [2.24, 2.45) is 10.8 Å². The summed E-state index contributed by atoms with van der Waals surface area (Å²) in [7, 11) is 0. The van der Waals surface area contributed by atoms with Crippen LogP contribution >= 0.6 is 0 Å². The van der Waals surface area contributed by atoms with Crippen molar-refractivity contribution in [2.75, 3.05) is 0 Å². The van der Waals surface area contributed by atoms with E-state index >= 15 is 0 Å². The van der Waals surface area contributed by atoms with Gasteiger partial charge in [-0.15, -0.1) is 0 Å². The summed E-state index contributed by atoms with van der Waals surface area (Å²) in [4.78, 5) is 20.8. The SMILES string of the molecule is CC(C)(C)C1=Cc2cnccc2C1.CC(C)(C)C1=Cc2cncnc2C1.CC(C)(C)c1cc2ccccn2c1.CC(C)(C)c1cc2ccncn2c1.CC(C)(C)c1cc2ncccn2c1. The van der Waals surface area contributed by atoms with Gasteiger partial charge in [0.15, 0.2) is 0 Å². The third-order valence-electron chi connectivity index (χ3n) is 12.0. The molecule has 8 heteroatoms. The van der Waals surface area contributed by atoms with E-state index in [1.54, 1.807) is 6.33 Å². The average Bonchev–Trinajstić information content (AvgIpc) is 4.07. The fraction of sp³-hybridized carbons (Fsp3) is 0.386. The number of fused-ring (bicyclic) bond motifs is 5. The lowest BCUT2D eigenvalue weighted by Crippen LogP contribution is -2.09. The molecule has 0 N–H and O–H groups in total.